The fourth-order valence-corrected chi connectivity index (χ4v) is 2.06. The summed E-state index contributed by atoms with van der Waals surface area (Å²) < 4.78 is 17.1. The Morgan fingerprint density at radius 2 is 1.93 bits per heavy atom. The molecule has 0 aliphatic carbocycles. The number of hydrogen-bond acceptors (Lipinski definition) is 4. The second-order valence-corrected chi connectivity index (χ2v) is 5.26. The zero-order valence-corrected chi connectivity index (χ0v) is 9.49. The quantitative estimate of drug-likeness (QED) is 0.704. The standard InChI is InChI=1S/C11H20O4/c1-10(2)7-14-11(15-8-10)3-4-13-6-9(11)5-12/h9,12H,3-8H2,1-2H3. The smallest absolute Gasteiger partial charge is 0.177 e. The Hall–Kier alpha value is -0.160. The molecule has 2 aliphatic heterocycles. The van der Waals surface area contributed by atoms with Crippen molar-refractivity contribution in [1.82, 2.24) is 0 Å². The molecule has 1 unspecified atom stereocenters. The van der Waals surface area contributed by atoms with Gasteiger partial charge in [0.25, 0.3) is 0 Å². The van der Waals surface area contributed by atoms with Gasteiger partial charge < -0.3 is 19.3 Å². The first-order valence-corrected chi connectivity index (χ1v) is 5.55. The van der Waals surface area contributed by atoms with E-state index in [4.69, 9.17) is 14.2 Å². The number of aliphatic hydroxyl groups is 1. The van der Waals surface area contributed by atoms with E-state index >= 15 is 0 Å². The number of aliphatic hydroxyl groups excluding tert-OH is 1. The SMILES string of the molecule is CC1(C)COC2(CCOCC2CO)OC1. The largest absolute Gasteiger partial charge is 0.396 e. The van der Waals surface area contributed by atoms with Crippen molar-refractivity contribution in [2.45, 2.75) is 26.1 Å². The van der Waals surface area contributed by atoms with Crippen molar-refractivity contribution in [1.29, 1.82) is 0 Å². The molecule has 0 bridgehead atoms. The highest BCUT2D eigenvalue weighted by atomic mass is 16.7. The molecule has 2 aliphatic rings. The third-order valence-electron chi connectivity index (χ3n) is 3.17. The highest BCUT2D eigenvalue weighted by Gasteiger charge is 2.48. The molecule has 2 saturated heterocycles. The van der Waals surface area contributed by atoms with Crippen molar-refractivity contribution < 1.29 is 19.3 Å². The minimum atomic E-state index is -0.595. The van der Waals surface area contributed by atoms with Crippen LogP contribution in [0.2, 0.25) is 0 Å². The molecule has 0 radical (unpaired) electrons. The van der Waals surface area contributed by atoms with E-state index in [1.54, 1.807) is 0 Å². The van der Waals surface area contributed by atoms with Crippen LogP contribution in [0.1, 0.15) is 20.3 Å². The molecular formula is C11H20O4. The van der Waals surface area contributed by atoms with Gasteiger partial charge in [-0.15, -0.1) is 0 Å². The van der Waals surface area contributed by atoms with Gasteiger partial charge in [0, 0.05) is 11.8 Å². The molecule has 0 saturated carbocycles. The maximum atomic E-state index is 9.30. The first-order valence-electron chi connectivity index (χ1n) is 5.55. The summed E-state index contributed by atoms with van der Waals surface area (Å²) in [6.45, 7) is 6.83. The van der Waals surface area contributed by atoms with Gasteiger partial charge in [0.1, 0.15) is 0 Å². The van der Waals surface area contributed by atoms with Crippen LogP contribution in [-0.2, 0) is 14.2 Å². The molecule has 4 heteroatoms. The normalized spacial score (nSPS) is 34.2. The molecule has 4 nitrogen and oxygen atoms in total. The van der Waals surface area contributed by atoms with Crippen LogP contribution >= 0.6 is 0 Å². The van der Waals surface area contributed by atoms with Crippen LogP contribution in [0.3, 0.4) is 0 Å². The van der Waals surface area contributed by atoms with E-state index < -0.39 is 5.79 Å². The summed E-state index contributed by atoms with van der Waals surface area (Å²) in [5.41, 5.74) is 0.0730. The van der Waals surface area contributed by atoms with Gasteiger partial charge >= 0.3 is 0 Å². The second kappa shape index (κ2) is 4.01. The number of rotatable bonds is 1. The van der Waals surface area contributed by atoms with E-state index in [0.29, 0.717) is 32.8 Å². The Morgan fingerprint density at radius 3 is 2.53 bits per heavy atom. The predicted molar refractivity (Wildman–Crippen MR) is 54.4 cm³/mol. The Kier molecular flexibility index (Phi) is 3.03. The van der Waals surface area contributed by atoms with Crippen molar-refractivity contribution in [3.8, 4) is 0 Å². The lowest BCUT2D eigenvalue weighted by atomic mass is 9.89. The molecule has 88 valence electrons. The molecule has 0 aromatic carbocycles. The first kappa shape index (κ1) is 11.3. The molecule has 0 aromatic rings. The van der Waals surface area contributed by atoms with Crippen LogP contribution in [0.4, 0.5) is 0 Å². The van der Waals surface area contributed by atoms with Crippen molar-refractivity contribution in [3.63, 3.8) is 0 Å². The maximum Gasteiger partial charge on any atom is 0.177 e. The van der Waals surface area contributed by atoms with Gasteiger partial charge in [-0.25, -0.2) is 0 Å². The molecule has 2 heterocycles. The summed E-state index contributed by atoms with van der Waals surface area (Å²) >= 11 is 0. The molecule has 1 spiro atoms. The Labute approximate surface area is 90.5 Å². The lowest BCUT2D eigenvalue weighted by Gasteiger charge is -2.48. The van der Waals surface area contributed by atoms with Crippen LogP contribution in [0.15, 0.2) is 0 Å². The van der Waals surface area contributed by atoms with Gasteiger partial charge in [0.15, 0.2) is 5.79 Å². The average molecular weight is 216 g/mol. The topological polar surface area (TPSA) is 47.9 Å². The predicted octanol–water partition coefficient (Wildman–Crippen LogP) is 0.784. The molecule has 1 N–H and O–H groups in total. The van der Waals surface area contributed by atoms with Crippen LogP contribution < -0.4 is 0 Å². The highest BCUT2D eigenvalue weighted by Crippen LogP contribution is 2.38. The fraction of sp³-hybridized carbons (Fsp3) is 1.00. The van der Waals surface area contributed by atoms with Gasteiger partial charge in [-0.05, 0) is 0 Å². The molecule has 0 amide bonds. The fourth-order valence-electron chi connectivity index (χ4n) is 2.06. The van der Waals surface area contributed by atoms with Gasteiger partial charge in [0.2, 0.25) is 0 Å². The average Bonchev–Trinajstić information content (AvgIpc) is 2.24. The summed E-state index contributed by atoms with van der Waals surface area (Å²) in [5.74, 6) is -0.648. The Bertz CT molecular complexity index is 217. The van der Waals surface area contributed by atoms with Crippen molar-refractivity contribution >= 4 is 0 Å². The molecule has 15 heavy (non-hydrogen) atoms. The van der Waals surface area contributed by atoms with E-state index in [0.717, 1.165) is 0 Å². The van der Waals surface area contributed by atoms with E-state index in [-0.39, 0.29) is 17.9 Å². The molecule has 2 rings (SSSR count). The third kappa shape index (κ3) is 2.18. The zero-order valence-electron chi connectivity index (χ0n) is 9.49. The van der Waals surface area contributed by atoms with Crippen LogP contribution in [0.25, 0.3) is 0 Å². The monoisotopic (exact) mass is 216 g/mol. The summed E-state index contributed by atoms with van der Waals surface area (Å²) in [6.07, 6.45) is 0.717. The minimum Gasteiger partial charge on any atom is -0.396 e. The molecule has 0 aromatic heterocycles. The molecular weight excluding hydrogens is 196 g/mol. The van der Waals surface area contributed by atoms with Gasteiger partial charge in [-0.2, -0.15) is 0 Å². The Balaban J connectivity index is 2.05. The van der Waals surface area contributed by atoms with E-state index in [1.807, 2.05) is 0 Å². The van der Waals surface area contributed by atoms with E-state index in [1.165, 1.54) is 0 Å². The van der Waals surface area contributed by atoms with Gasteiger partial charge in [-0.1, -0.05) is 13.8 Å². The molecule has 2 fully saturated rings. The van der Waals surface area contributed by atoms with Crippen molar-refractivity contribution in [2.24, 2.45) is 11.3 Å². The van der Waals surface area contributed by atoms with Gasteiger partial charge in [0.05, 0.1) is 39.0 Å². The van der Waals surface area contributed by atoms with E-state index in [2.05, 4.69) is 13.8 Å². The van der Waals surface area contributed by atoms with Crippen molar-refractivity contribution in [2.75, 3.05) is 33.0 Å². The lowest BCUT2D eigenvalue weighted by Crippen LogP contribution is -2.56. The summed E-state index contributed by atoms with van der Waals surface area (Å²) in [6, 6.07) is 0. The van der Waals surface area contributed by atoms with Crippen molar-refractivity contribution in [3.05, 3.63) is 0 Å². The van der Waals surface area contributed by atoms with Crippen LogP contribution in [0.5, 0.6) is 0 Å². The van der Waals surface area contributed by atoms with Gasteiger partial charge in [-0.3, -0.25) is 0 Å². The lowest BCUT2D eigenvalue weighted by molar-refractivity contribution is -0.347. The van der Waals surface area contributed by atoms with E-state index in [9.17, 15) is 5.11 Å². The second-order valence-electron chi connectivity index (χ2n) is 5.26. The summed E-state index contributed by atoms with van der Waals surface area (Å²) in [7, 11) is 0. The van der Waals surface area contributed by atoms with Crippen LogP contribution in [-0.4, -0.2) is 43.9 Å². The zero-order chi connectivity index (χ0) is 10.9. The maximum absolute atomic E-state index is 9.30. The number of hydrogen-bond donors (Lipinski definition) is 1. The summed E-state index contributed by atoms with van der Waals surface area (Å²) in [4.78, 5) is 0. The third-order valence-corrected chi connectivity index (χ3v) is 3.17. The molecule has 1 atom stereocenters. The van der Waals surface area contributed by atoms with Crippen LogP contribution in [0, 0.1) is 11.3 Å². The Morgan fingerprint density at radius 1 is 1.27 bits per heavy atom. The highest BCUT2D eigenvalue weighted by molar-refractivity contribution is 4.87. The summed E-state index contributed by atoms with van der Waals surface area (Å²) in [5, 5.41) is 9.30. The minimum absolute atomic E-state index is 0.0534. The first-order chi connectivity index (χ1) is 7.08. The number of ether oxygens (including phenoxy) is 3.